The fraction of sp³-hybridized carbons (Fsp3) is 0.115. The van der Waals surface area contributed by atoms with E-state index in [9.17, 15) is 9.59 Å². The molecule has 7 heteroatoms. The second-order valence-electron chi connectivity index (χ2n) is 7.44. The van der Waals surface area contributed by atoms with Crippen molar-refractivity contribution in [1.82, 2.24) is 5.32 Å². The smallest absolute Gasteiger partial charge is 0.270 e. The van der Waals surface area contributed by atoms with Gasteiger partial charge in [0.1, 0.15) is 5.75 Å². The highest BCUT2D eigenvalue weighted by Crippen LogP contribution is 2.37. The molecular formula is C26H22N2O3S2. The third-order valence-corrected chi connectivity index (χ3v) is 6.28. The number of ether oxygens (including phenoxy) is 1. The van der Waals surface area contributed by atoms with Gasteiger partial charge in [0.2, 0.25) is 0 Å². The predicted molar refractivity (Wildman–Crippen MR) is 137 cm³/mol. The van der Waals surface area contributed by atoms with E-state index in [4.69, 9.17) is 17.0 Å². The van der Waals surface area contributed by atoms with Crippen LogP contribution in [0.2, 0.25) is 0 Å². The Kier molecular flexibility index (Phi) is 7.22. The fourth-order valence-electron chi connectivity index (χ4n) is 3.25. The molecule has 0 spiro atoms. The average molecular weight is 475 g/mol. The Morgan fingerprint density at radius 2 is 1.73 bits per heavy atom. The molecule has 0 aliphatic carbocycles. The number of hydrogen-bond donors (Lipinski definition) is 1. The molecule has 1 aliphatic heterocycles. The number of rotatable bonds is 7. The van der Waals surface area contributed by atoms with Gasteiger partial charge in [-0.2, -0.15) is 0 Å². The number of thiocarbonyl (C=S) groups is 1. The number of nitrogens with one attached hydrogen (secondary N) is 1. The van der Waals surface area contributed by atoms with Crippen molar-refractivity contribution in [2.75, 3.05) is 11.5 Å². The molecule has 2 amide bonds. The van der Waals surface area contributed by atoms with Gasteiger partial charge in [-0.15, -0.1) is 0 Å². The van der Waals surface area contributed by atoms with Crippen LogP contribution in [-0.4, -0.2) is 22.7 Å². The van der Waals surface area contributed by atoms with Crippen LogP contribution in [0.25, 0.3) is 6.08 Å². The standard InChI is InChI=1S/C26H22N2O3S2/c1-18-11-13-21(14-12-18)28-25(30)23(33-26(28)32)15-20-9-5-6-10-22(20)31-17-24(29)27-16-19-7-3-2-4-8-19/h2-15H,16-17H2,1H3,(H,27,29)/b23-15-. The molecule has 3 aromatic rings. The van der Waals surface area contributed by atoms with E-state index in [1.807, 2.05) is 79.7 Å². The number of thioether (sulfide) groups is 1. The zero-order valence-electron chi connectivity index (χ0n) is 18.0. The zero-order chi connectivity index (χ0) is 23.2. The van der Waals surface area contributed by atoms with E-state index >= 15 is 0 Å². The Balaban J connectivity index is 1.43. The first kappa shape index (κ1) is 22.8. The number of amides is 2. The Labute approximate surface area is 202 Å². The van der Waals surface area contributed by atoms with Crippen molar-refractivity contribution in [2.24, 2.45) is 0 Å². The minimum Gasteiger partial charge on any atom is -0.483 e. The van der Waals surface area contributed by atoms with Crippen LogP contribution < -0.4 is 15.0 Å². The van der Waals surface area contributed by atoms with Gasteiger partial charge in [-0.1, -0.05) is 90.2 Å². The zero-order valence-corrected chi connectivity index (χ0v) is 19.6. The Morgan fingerprint density at radius 1 is 1.03 bits per heavy atom. The molecule has 4 rings (SSSR count). The number of hydrogen-bond acceptors (Lipinski definition) is 5. The molecule has 1 N–H and O–H groups in total. The summed E-state index contributed by atoms with van der Waals surface area (Å²) < 4.78 is 6.24. The Bertz CT molecular complexity index is 1210. The van der Waals surface area contributed by atoms with Crippen molar-refractivity contribution in [3.63, 3.8) is 0 Å². The summed E-state index contributed by atoms with van der Waals surface area (Å²) in [6, 6.07) is 24.6. The number of anilines is 1. The van der Waals surface area contributed by atoms with Gasteiger partial charge in [0, 0.05) is 12.1 Å². The second-order valence-corrected chi connectivity index (χ2v) is 9.12. The van der Waals surface area contributed by atoms with Crippen LogP contribution in [0.4, 0.5) is 5.69 Å². The number of benzene rings is 3. The van der Waals surface area contributed by atoms with Gasteiger partial charge >= 0.3 is 0 Å². The van der Waals surface area contributed by atoms with E-state index in [0.717, 1.165) is 16.8 Å². The maximum absolute atomic E-state index is 13.0. The molecule has 166 valence electrons. The number of nitrogens with zero attached hydrogens (tertiary/aromatic N) is 1. The monoisotopic (exact) mass is 474 g/mol. The molecule has 3 aromatic carbocycles. The van der Waals surface area contributed by atoms with Gasteiger partial charge in [0.25, 0.3) is 11.8 Å². The van der Waals surface area contributed by atoms with Crippen molar-refractivity contribution in [3.8, 4) is 5.75 Å². The minimum atomic E-state index is -0.223. The fourth-order valence-corrected chi connectivity index (χ4v) is 4.54. The molecule has 0 unspecified atom stereocenters. The lowest BCUT2D eigenvalue weighted by Crippen LogP contribution is -2.28. The van der Waals surface area contributed by atoms with Crippen LogP contribution in [0.3, 0.4) is 0 Å². The van der Waals surface area contributed by atoms with Gasteiger partial charge < -0.3 is 10.1 Å². The van der Waals surface area contributed by atoms with E-state index in [-0.39, 0.29) is 18.4 Å². The summed E-state index contributed by atoms with van der Waals surface area (Å²) in [6.07, 6.45) is 1.75. The van der Waals surface area contributed by atoms with Crippen molar-refractivity contribution in [1.29, 1.82) is 0 Å². The maximum Gasteiger partial charge on any atom is 0.270 e. The van der Waals surface area contributed by atoms with Gasteiger partial charge in [-0.25, -0.2) is 0 Å². The summed E-state index contributed by atoms with van der Waals surface area (Å²) in [5.41, 5.74) is 3.57. The number of aryl methyl sites for hydroxylation is 1. The van der Waals surface area contributed by atoms with E-state index in [0.29, 0.717) is 27.1 Å². The molecule has 0 atom stereocenters. The molecule has 33 heavy (non-hydrogen) atoms. The molecule has 0 bridgehead atoms. The van der Waals surface area contributed by atoms with Crippen molar-refractivity contribution in [3.05, 3.63) is 100 Å². The summed E-state index contributed by atoms with van der Waals surface area (Å²) >= 11 is 6.70. The molecule has 0 saturated carbocycles. The van der Waals surface area contributed by atoms with Gasteiger partial charge in [0.05, 0.1) is 10.6 Å². The second kappa shape index (κ2) is 10.5. The van der Waals surface area contributed by atoms with E-state index in [1.54, 1.807) is 12.1 Å². The van der Waals surface area contributed by atoms with Crippen molar-refractivity contribution >= 4 is 51.9 Å². The summed E-state index contributed by atoms with van der Waals surface area (Å²) in [5, 5.41) is 2.84. The van der Waals surface area contributed by atoms with E-state index < -0.39 is 0 Å². The average Bonchev–Trinajstić information content (AvgIpc) is 3.11. The lowest BCUT2D eigenvalue weighted by Gasteiger charge is -2.14. The van der Waals surface area contributed by atoms with Crippen LogP contribution in [0.15, 0.2) is 83.8 Å². The van der Waals surface area contributed by atoms with Crippen LogP contribution in [0, 0.1) is 6.92 Å². The molecule has 1 heterocycles. The quantitative estimate of drug-likeness (QED) is 0.382. The molecule has 5 nitrogen and oxygen atoms in total. The lowest BCUT2D eigenvalue weighted by atomic mass is 10.1. The SMILES string of the molecule is Cc1ccc(N2C(=O)/C(=C/c3ccccc3OCC(=O)NCc3ccccc3)SC2=S)cc1. The van der Waals surface area contributed by atoms with Gasteiger partial charge in [-0.05, 0) is 36.8 Å². The van der Waals surface area contributed by atoms with Crippen LogP contribution in [0.5, 0.6) is 5.75 Å². The summed E-state index contributed by atoms with van der Waals surface area (Å²) in [6.45, 7) is 2.31. The lowest BCUT2D eigenvalue weighted by molar-refractivity contribution is -0.123. The molecule has 0 radical (unpaired) electrons. The summed E-state index contributed by atoms with van der Waals surface area (Å²) in [4.78, 5) is 27.3. The van der Waals surface area contributed by atoms with Crippen LogP contribution in [-0.2, 0) is 16.1 Å². The first-order chi connectivity index (χ1) is 16.0. The Morgan fingerprint density at radius 3 is 2.48 bits per heavy atom. The first-order valence-electron chi connectivity index (χ1n) is 10.4. The number of para-hydroxylation sites is 1. The summed E-state index contributed by atoms with van der Waals surface area (Å²) in [7, 11) is 0. The third kappa shape index (κ3) is 5.69. The van der Waals surface area contributed by atoms with Gasteiger partial charge in [0.15, 0.2) is 10.9 Å². The van der Waals surface area contributed by atoms with Crippen LogP contribution in [0.1, 0.15) is 16.7 Å². The molecule has 1 aliphatic rings. The van der Waals surface area contributed by atoms with Crippen molar-refractivity contribution < 1.29 is 14.3 Å². The minimum absolute atomic E-state index is 0.123. The highest BCUT2D eigenvalue weighted by Gasteiger charge is 2.33. The maximum atomic E-state index is 13.0. The summed E-state index contributed by atoms with van der Waals surface area (Å²) in [5.74, 6) is 0.122. The van der Waals surface area contributed by atoms with E-state index in [1.165, 1.54) is 16.7 Å². The predicted octanol–water partition coefficient (Wildman–Crippen LogP) is 5.10. The molecule has 1 fully saturated rings. The first-order valence-corrected chi connectivity index (χ1v) is 11.6. The largest absolute Gasteiger partial charge is 0.483 e. The highest BCUT2D eigenvalue weighted by molar-refractivity contribution is 8.27. The van der Waals surface area contributed by atoms with Crippen molar-refractivity contribution in [2.45, 2.75) is 13.5 Å². The van der Waals surface area contributed by atoms with Gasteiger partial charge in [-0.3, -0.25) is 14.5 Å². The molecule has 1 saturated heterocycles. The normalized spacial score (nSPS) is 14.6. The number of carbonyl (C=O) groups is 2. The van der Waals surface area contributed by atoms with Crippen LogP contribution >= 0.6 is 24.0 Å². The topological polar surface area (TPSA) is 58.6 Å². The third-order valence-electron chi connectivity index (χ3n) is 4.98. The molecular weight excluding hydrogens is 452 g/mol. The Hall–Kier alpha value is -3.42. The highest BCUT2D eigenvalue weighted by atomic mass is 32.2. The molecule has 0 aromatic heterocycles. The van der Waals surface area contributed by atoms with E-state index in [2.05, 4.69) is 5.32 Å². The number of carbonyl (C=O) groups excluding carboxylic acids is 2.